The molecule has 0 radical (unpaired) electrons. The van der Waals surface area contributed by atoms with E-state index in [2.05, 4.69) is 5.10 Å². The number of methoxy groups -OCH3 is 1. The molecule has 0 spiro atoms. The van der Waals surface area contributed by atoms with Crippen LogP contribution < -0.4 is 4.74 Å². The van der Waals surface area contributed by atoms with E-state index in [9.17, 15) is 9.18 Å². The lowest BCUT2D eigenvalue weighted by Gasteiger charge is -2.06. The van der Waals surface area contributed by atoms with Crippen LogP contribution in [0.1, 0.15) is 15.9 Å². The molecule has 0 bridgehead atoms. The van der Waals surface area contributed by atoms with Gasteiger partial charge in [0, 0.05) is 19.7 Å². The van der Waals surface area contributed by atoms with Gasteiger partial charge < -0.3 is 4.74 Å². The highest BCUT2D eigenvalue weighted by molar-refractivity contribution is 5.97. The van der Waals surface area contributed by atoms with Gasteiger partial charge in [0.1, 0.15) is 0 Å². The van der Waals surface area contributed by atoms with Gasteiger partial charge in [-0.05, 0) is 11.6 Å². The van der Waals surface area contributed by atoms with Gasteiger partial charge in [-0.2, -0.15) is 5.10 Å². The van der Waals surface area contributed by atoms with E-state index >= 15 is 0 Å². The van der Waals surface area contributed by atoms with Crippen molar-refractivity contribution >= 4 is 5.78 Å². The van der Waals surface area contributed by atoms with E-state index in [1.807, 2.05) is 0 Å². The number of nitrogens with zero attached hydrogens (tertiary/aromatic N) is 2. The number of aryl methyl sites for hydroxylation is 1. The Balaban J connectivity index is 2.22. The number of halogens is 1. The second-order valence-electron chi connectivity index (χ2n) is 3.94. The molecule has 2 aromatic rings. The van der Waals surface area contributed by atoms with Gasteiger partial charge in [0.15, 0.2) is 17.3 Å². The summed E-state index contributed by atoms with van der Waals surface area (Å²) < 4.78 is 20.3. The van der Waals surface area contributed by atoms with E-state index in [-0.39, 0.29) is 18.0 Å². The molecule has 18 heavy (non-hydrogen) atoms. The Bertz CT molecular complexity index is 578. The smallest absolute Gasteiger partial charge is 0.170 e. The Morgan fingerprint density at radius 2 is 2.28 bits per heavy atom. The number of aromatic nitrogens is 2. The minimum Gasteiger partial charge on any atom is -0.494 e. The van der Waals surface area contributed by atoms with E-state index in [1.165, 1.54) is 24.1 Å². The molecular formula is C13H13FN2O2. The summed E-state index contributed by atoms with van der Waals surface area (Å²) in [6.07, 6.45) is 3.08. The fraction of sp³-hybridized carbons (Fsp3) is 0.231. The minimum atomic E-state index is -0.489. The third kappa shape index (κ3) is 2.40. The summed E-state index contributed by atoms with van der Waals surface area (Å²) >= 11 is 0. The number of carbonyl (C=O) groups is 1. The highest BCUT2D eigenvalue weighted by Gasteiger charge is 2.14. The zero-order valence-electron chi connectivity index (χ0n) is 10.2. The zero-order valence-corrected chi connectivity index (χ0v) is 10.2. The molecule has 0 saturated heterocycles. The van der Waals surface area contributed by atoms with Crippen molar-refractivity contribution in [3.63, 3.8) is 0 Å². The average molecular weight is 248 g/mol. The summed E-state index contributed by atoms with van der Waals surface area (Å²) in [5.74, 6) is -0.515. The Morgan fingerprint density at radius 1 is 1.50 bits per heavy atom. The van der Waals surface area contributed by atoms with Crippen LogP contribution in [0.15, 0.2) is 30.6 Å². The van der Waals surface area contributed by atoms with E-state index < -0.39 is 5.82 Å². The summed E-state index contributed by atoms with van der Waals surface area (Å²) in [6, 6.07) is 4.76. The maximum atomic E-state index is 13.9. The summed E-state index contributed by atoms with van der Waals surface area (Å²) in [7, 11) is 3.12. The molecule has 0 saturated carbocycles. The van der Waals surface area contributed by atoms with Crippen molar-refractivity contribution in [2.24, 2.45) is 7.05 Å². The van der Waals surface area contributed by atoms with Crippen molar-refractivity contribution in [2.75, 3.05) is 7.11 Å². The van der Waals surface area contributed by atoms with E-state index in [0.717, 1.165) is 0 Å². The van der Waals surface area contributed by atoms with Crippen molar-refractivity contribution in [1.29, 1.82) is 0 Å². The molecule has 4 nitrogen and oxygen atoms in total. The van der Waals surface area contributed by atoms with Crippen molar-refractivity contribution in [2.45, 2.75) is 6.42 Å². The molecule has 0 amide bonds. The van der Waals surface area contributed by atoms with Crippen molar-refractivity contribution < 1.29 is 13.9 Å². The third-order valence-electron chi connectivity index (χ3n) is 2.64. The number of hydrogen-bond donors (Lipinski definition) is 0. The number of Topliss-reactive ketones (excluding diaryl/α,β-unsaturated/α-hetero) is 1. The number of hydrogen-bond acceptors (Lipinski definition) is 3. The van der Waals surface area contributed by atoms with Gasteiger partial charge >= 0.3 is 0 Å². The first-order chi connectivity index (χ1) is 8.61. The van der Waals surface area contributed by atoms with Crippen LogP contribution in [0.25, 0.3) is 0 Å². The Kier molecular flexibility index (Phi) is 3.41. The lowest BCUT2D eigenvalue weighted by atomic mass is 10.0. The van der Waals surface area contributed by atoms with Gasteiger partial charge in [-0.15, -0.1) is 0 Å². The summed E-state index contributed by atoms with van der Waals surface area (Å²) in [5, 5.41) is 3.91. The number of ketones is 1. The SMILES string of the molecule is COc1cccc(CC(=O)c2cnn(C)c2)c1F. The van der Waals surface area contributed by atoms with Gasteiger partial charge in [-0.25, -0.2) is 4.39 Å². The van der Waals surface area contributed by atoms with Crippen LogP contribution >= 0.6 is 0 Å². The summed E-state index contributed by atoms with van der Waals surface area (Å²) in [6.45, 7) is 0. The molecule has 0 aliphatic rings. The monoisotopic (exact) mass is 248 g/mol. The average Bonchev–Trinajstić information content (AvgIpc) is 2.78. The van der Waals surface area contributed by atoms with Gasteiger partial charge in [0.2, 0.25) is 0 Å². The van der Waals surface area contributed by atoms with Crippen LogP contribution in [0.5, 0.6) is 5.75 Å². The first kappa shape index (κ1) is 12.3. The Morgan fingerprint density at radius 3 is 2.89 bits per heavy atom. The van der Waals surface area contributed by atoms with Crippen molar-refractivity contribution in [1.82, 2.24) is 9.78 Å². The number of carbonyl (C=O) groups excluding carboxylic acids is 1. The van der Waals surface area contributed by atoms with Crippen LogP contribution in [0.4, 0.5) is 4.39 Å². The largest absolute Gasteiger partial charge is 0.494 e. The maximum Gasteiger partial charge on any atom is 0.170 e. The zero-order chi connectivity index (χ0) is 13.1. The van der Waals surface area contributed by atoms with Crippen LogP contribution in [0, 0.1) is 5.82 Å². The van der Waals surface area contributed by atoms with E-state index in [1.54, 1.807) is 25.4 Å². The lowest BCUT2D eigenvalue weighted by molar-refractivity contribution is 0.0991. The molecule has 1 aromatic heterocycles. The van der Waals surface area contributed by atoms with Crippen LogP contribution in [-0.4, -0.2) is 22.7 Å². The minimum absolute atomic E-state index is 0.00523. The normalized spacial score (nSPS) is 10.4. The van der Waals surface area contributed by atoms with Gasteiger partial charge in [-0.1, -0.05) is 12.1 Å². The standard InChI is InChI=1S/C13H13FN2O2/c1-16-8-10(7-15-16)11(17)6-9-4-3-5-12(18-2)13(9)14/h3-5,7-8H,6H2,1-2H3. The van der Waals surface area contributed by atoms with Gasteiger partial charge in [0.25, 0.3) is 0 Å². The fourth-order valence-corrected chi connectivity index (χ4v) is 1.69. The molecule has 0 fully saturated rings. The van der Waals surface area contributed by atoms with Crippen molar-refractivity contribution in [3.8, 4) is 5.75 Å². The van der Waals surface area contributed by atoms with Crippen molar-refractivity contribution in [3.05, 3.63) is 47.5 Å². The first-order valence-electron chi connectivity index (χ1n) is 5.45. The van der Waals surface area contributed by atoms with E-state index in [0.29, 0.717) is 11.1 Å². The van der Waals surface area contributed by atoms with Gasteiger partial charge in [-0.3, -0.25) is 9.48 Å². The van der Waals surface area contributed by atoms with Gasteiger partial charge in [0.05, 0.1) is 18.9 Å². The highest BCUT2D eigenvalue weighted by Crippen LogP contribution is 2.21. The molecule has 1 aromatic carbocycles. The molecule has 0 N–H and O–H groups in total. The Hall–Kier alpha value is -2.17. The summed E-state index contributed by atoms with van der Waals surface area (Å²) in [4.78, 5) is 11.9. The second-order valence-corrected chi connectivity index (χ2v) is 3.94. The molecule has 0 unspecified atom stereocenters. The molecule has 1 heterocycles. The lowest BCUT2D eigenvalue weighted by Crippen LogP contribution is -2.05. The topological polar surface area (TPSA) is 44.1 Å². The molecule has 94 valence electrons. The fourth-order valence-electron chi connectivity index (χ4n) is 1.69. The Labute approximate surface area is 104 Å². The predicted molar refractivity (Wildman–Crippen MR) is 64.2 cm³/mol. The van der Waals surface area contributed by atoms with E-state index in [4.69, 9.17) is 4.74 Å². The molecule has 0 atom stereocenters. The second kappa shape index (κ2) is 5.00. The quantitative estimate of drug-likeness (QED) is 0.777. The van der Waals surface area contributed by atoms with Crippen LogP contribution in [-0.2, 0) is 13.5 Å². The predicted octanol–water partition coefficient (Wildman–Crippen LogP) is 1.99. The molecule has 0 aliphatic carbocycles. The first-order valence-corrected chi connectivity index (χ1v) is 5.45. The molecule has 2 rings (SSSR count). The molecular weight excluding hydrogens is 235 g/mol. The number of rotatable bonds is 4. The van der Waals surface area contributed by atoms with Crippen LogP contribution in [0.2, 0.25) is 0 Å². The third-order valence-corrected chi connectivity index (χ3v) is 2.64. The maximum absolute atomic E-state index is 13.9. The molecule has 0 aliphatic heterocycles. The summed E-state index contributed by atoms with van der Waals surface area (Å²) in [5.41, 5.74) is 0.794. The highest BCUT2D eigenvalue weighted by atomic mass is 19.1. The van der Waals surface area contributed by atoms with Crippen LogP contribution in [0.3, 0.4) is 0 Å². The number of ether oxygens (including phenoxy) is 1. The number of benzene rings is 1. The molecule has 5 heteroatoms.